The van der Waals surface area contributed by atoms with Crippen LogP contribution in [0.2, 0.25) is 0 Å². The maximum atomic E-state index is 11.6. The van der Waals surface area contributed by atoms with Crippen molar-refractivity contribution in [2.75, 3.05) is 10.7 Å². The first-order valence-electron chi connectivity index (χ1n) is 6.47. The van der Waals surface area contributed by atoms with Crippen LogP contribution in [0.5, 0.6) is 0 Å². The van der Waals surface area contributed by atoms with Gasteiger partial charge in [0.1, 0.15) is 6.04 Å². The zero-order chi connectivity index (χ0) is 14.4. The Bertz CT molecular complexity index is 505. The minimum atomic E-state index is -0.841. The van der Waals surface area contributed by atoms with Crippen LogP contribution in [0.25, 0.3) is 0 Å². The lowest BCUT2D eigenvalue weighted by Gasteiger charge is -2.31. The van der Waals surface area contributed by atoms with Gasteiger partial charge in [-0.15, -0.1) is 0 Å². The molecular formula is C16H17NO2S. The van der Waals surface area contributed by atoms with Crippen molar-refractivity contribution in [3.63, 3.8) is 0 Å². The van der Waals surface area contributed by atoms with E-state index in [2.05, 4.69) is 12.6 Å². The van der Waals surface area contributed by atoms with Crippen LogP contribution in [0.3, 0.4) is 0 Å². The monoisotopic (exact) mass is 287 g/mol. The van der Waals surface area contributed by atoms with E-state index in [1.54, 1.807) is 0 Å². The van der Waals surface area contributed by atoms with E-state index in [1.165, 1.54) is 0 Å². The van der Waals surface area contributed by atoms with E-state index in [-0.39, 0.29) is 0 Å². The summed E-state index contributed by atoms with van der Waals surface area (Å²) in [6.45, 7) is 0. The van der Waals surface area contributed by atoms with Crippen LogP contribution in [0, 0.1) is 0 Å². The molecule has 4 heteroatoms. The van der Waals surface area contributed by atoms with Crippen LogP contribution >= 0.6 is 12.6 Å². The molecule has 0 spiro atoms. The molecule has 0 radical (unpaired) electrons. The molecule has 104 valence electrons. The molecule has 0 aliphatic heterocycles. The number of hydrogen-bond donors (Lipinski definition) is 2. The van der Waals surface area contributed by atoms with Gasteiger partial charge in [-0.05, 0) is 36.4 Å². The molecule has 0 amide bonds. The number of nitrogens with zero attached hydrogens (tertiary/aromatic N) is 1. The lowest BCUT2D eigenvalue weighted by Crippen LogP contribution is -2.38. The molecule has 0 aliphatic carbocycles. The van der Waals surface area contributed by atoms with Crippen molar-refractivity contribution in [1.82, 2.24) is 0 Å². The number of hydrogen-bond acceptors (Lipinski definition) is 3. The molecule has 0 unspecified atom stereocenters. The molecular weight excluding hydrogens is 270 g/mol. The molecule has 3 nitrogen and oxygen atoms in total. The van der Waals surface area contributed by atoms with Gasteiger partial charge < -0.3 is 10.0 Å². The van der Waals surface area contributed by atoms with Crippen molar-refractivity contribution in [3.8, 4) is 0 Å². The number of aliphatic carboxylic acids is 1. The highest BCUT2D eigenvalue weighted by atomic mass is 32.1. The molecule has 2 rings (SSSR count). The van der Waals surface area contributed by atoms with Crippen molar-refractivity contribution < 1.29 is 9.90 Å². The second-order valence-electron chi connectivity index (χ2n) is 4.41. The highest BCUT2D eigenvalue weighted by Crippen LogP contribution is 2.29. The Kier molecular flexibility index (Phi) is 5.07. The third-order valence-corrected chi connectivity index (χ3v) is 3.33. The molecule has 0 saturated carbocycles. The predicted octanol–water partition coefficient (Wildman–Crippen LogP) is 3.60. The predicted molar refractivity (Wildman–Crippen MR) is 84.9 cm³/mol. The Hall–Kier alpha value is -1.94. The van der Waals surface area contributed by atoms with E-state index in [0.717, 1.165) is 11.4 Å². The summed E-state index contributed by atoms with van der Waals surface area (Å²) in [6, 6.07) is 18.5. The summed E-state index contributed by atoms with van der Waals surface area (Å²) in [5.74, 6) is -0.320. The molecule has 0 bridgehead atoms. The zero-order valence-corrected chi connectivity index (χ0v) is 11.9. The van der Waals surface area contributed by atoms with E-state index in [9.17, 15) is 9.90 Å². The highest BCUT2D eigenvalue weighted by Gasteiger charge is 2.26. The van der Waals surface area contributed by atoms with Crippen LogP contribution in [-0.2, 0) is 4.79 Å². The first-order valence-corrected chi connectivity index (χ1v) is 7.10. The number of benzene rings is 2. The van der Waals surface area contributed by atoms with Crippen LogP contribution in [0.4, 0.5) is 11.4 Å². The summed E-state index contributed by atoms with van der Waals surface area (Å²) in [7, 11) is 0. The summed E-state index contributed by atoms with van der Waals surface area (Å²) in [5, 5.41) is 9.52. The van der Waals surface area contributed by atoms with Crippen molar-refractivity contribution in [3.05, 3.63) is 60.7 Å². The fourth-order valence-corrected chi connectivity index (χ4v) is 2.42. The Labute approximate surface area is 124 Å². The lowest BCUT2D eigenvalue weighted by atomic mass is 10.1. The van der Waals surface area contributed by atoms with E-state index in [4.69, 9.17) is 0 Å². The van der Waals surface area contributed by atoms with Gasteiger partial charge in [0.2, 0.25) is 0 Å². The van der Waals surface area contributed by atoms with Crippen LogP contribution in [0.1, 0.15) is 6.42 Å². The SMILES string of the molecule is O=C(O)[C@H](CCS)N(c1ccccc1)c1ccccc1. The number of carboxylic acids is 1. The lowest BCUT2D eigenvalue weighted by molar-refractivity contribution is -0.138. The first kappa shape index (κ1) is 14.5. The van der Waals surface area contributed by atoms with Crippen molar-refractivity contribution in [2.45, 2.75) is 12.5 Å². The second kappa shape index (κ2) is 7.01. The van der Waals surface area contributed by atoms with Crippen molar-refractivity contribution in [1.29, 1.82) is 0 Å². The van der Waals surface area contributed by atoms with E-state index < -0.39 is 12.0 Å². The second-order valence-corrected chi connectivity index (χ2v) is 4.85. The third kappa shape index (κ3) is 3.33. The zero-order valence-electron chi connectivity index (χ0n) is 11.0. The van der Waals surface area contributed by atoms with Gasteiger partial charge in [0.15, 0.2) is 0 Å². The fraction of sp³-hybridized carbons (Fsp3) is 0.188. The minimum absolute atomic E-state index is 0.474. The Morgan fingerprint density at radius 3 is 1.80 bits per heavy atom. The minimum Gasteiger partial charge on any atom is -0.480 e. The van der Waals surface area contributed by atoms with Crippen molar-refractivity contribution in [2.24, 2.45) is 0 Å². The highest BCUT2D eigenvalue weighted by molar-refractivity contribution is 7.80. The molecule has 20 heavy (non-hydrogen) atoms. The van der Waals surface area contributed by atoms with Crippen LogP contribution in [0.15, 0.2) is 60.7 Å². The van der Waals surface area contributed by atoms with Gasteiger partial charge in [0.25, 0.3) is 0 Å². The van der Waals surface area contributed by atoms with E-state index in [1.807, 2.05) is 65.6 Å². The number of anilines is 2. The van der Waals surface area contributed by atoms with Gasteiger partial charge in [0.05, 0.1) is 0 Å². The van der Waals surface area contributed by atoms with Crippen LogP contribution in [-0.4, -0.2) is 22.9 Å². The Morgan fingerprint density at radius 2 is 1.45 bits per heavy atom. The summed E-state index contributed by atoms with van der Waals surface area (Å²) in [6.07, 6.45) is 0.474. The summed E-state index contributed by atoms with van der Waals surface area (Å²) in [5.41, 5.74) is 1.74. The summed E-state index contributed by atoms with van der Waals surface area (Å²) >= 11 is 4.18. The van der Waals surface area contributed by atoms with E-state index in [0.29, 0.717) is 12.2 Å². The molecule has 0 aromatic heterocycles. The topological polar surface area (TPSA) is 40.5 Å². The number of para-hydroxylation sites is 2. The number of carbonyl (C=O) groups is 1. The first-order chi connectivity index (χ1) is 9.74. The summed E-state index contributed by atoms with van der Waals surface area (Å²) in [4.78, 5) is 13.4. The molecule has 2 aromatic rings. The van der Waals surface area contributed by atoms with Gasteiger partial charge >= 0.3 is 5.97 Å². The molecule has 0 heterocycles. The quantitative estimate of drug-likeness (QED) is 0.798. The molecule has 0 saturated heterocycles. The Balaban J connectivity index is 2.46. The van der Waals surface area contributed by atoms with Crippen molar-refractivity contribution >= 4 is 30.0 Å². The average Bonchev–Trinajstić information content (AvgIpc) is 2.49. The van der Waals surface area contributed by atoms with Gasteiger partial charge in [-0.25, -0.2) is 4.79 Å². The molecule has 0 aliphatic rings. The molecule has 2 aromatic carbocycles. The smallest absolute Gasteiger partial charge is 0.326 e. The average molecular weight is 287 g/mol. The maximum Gasteiger partial charge on any atom is 0.326 e. The normalized spacial score (nSPS) is 11.8. The largest absolute Gasteiger partial charge is 0.480 e. The third-order valence-electron chi connectivity index (χ3n) is 3.07. The van der Waals surface area contributed by atoms with Gasteiger partial charge in [-0.3, -0.25) is 0 Å². The van der Waals surface area contributed by atoms with Gasteiger partial charge in [-0.1, -0.05) is 36.4 Å². The fourth-order valence-electron chi connectivity index (χ4n) is 2.17. The number of rotatable bonds is 6. The van der Waals surface area contributed by atoms with Gasteiger partial charge in [-0.2, -0.15) is 12.6 Å². The standard InChI is InChI=1S/C16H17NO2S/c18-16(19)15(11-12-20)17(13-7-3-1-4-8-13)14-9-5-2-6-10-14/h1-10,15,20H,11-12H2,(H,18,19)/t15-/m0/s1. The molecule has 1 N–H and O–H groups in total. The summed E-state index contributed by atoms with van der Waals surface area (Å²) < 4.78 is 0. The Morgan fingerprint density at radius 1 is 1.00 bits per heavy atom. The maximum absolute atomic E-state index is 11.6. The van der Waals surface area contributed by atoms with E-state index >= 15 is 0 Å². The number of thiol groups is 1. The molecule has 0 fully saturated rings. The molecule has 1 atom stereocenters. The van der Waals surface area contributed by atoms with Gasteiger partial charge in [0, 0.05) is 11.4 Å². The van der Waals surface area contributed by atoms with Crippen LogP contribution < -0.4 is 4.90 Å². The number of carboxylic acid groups (broad SMARTS) is 1.